The number of carbonyl (C=O) groups excluding carboxylic acids is 1. The van der Waals surface area contributed by atoms with Crippen molar-refractivity contribution in [1.82, 2.24) is 10.2 Å². The number of benzene rings is 1. The molecule has 1 heterocycles. The number of hydrogen-bond acceptors (Lipinski definition) is 3. The quantitative estimate of drug-likeness (QED) is 0.818. The normalized spacial score (nSPS) is 19.0. The van der Waals surface area contributed by atoms with Gasteiger partial charge < -0.3 is 10.4 Å². The van der Waals surface area contributed by atoms with Gasteiger partial charge in [-0.2, -0.15) is 0 Å². The minimum Gasteiger partial charge on any atom is -0.481 e. The van der Waals surface area contributed by atoms with Crippen molar-refractivity contribution >= 4 is 35.9 Å². The molecular weight excluding hydrogens is 339 g/mol. The first kappa shape index (κ1) is 19.7. The Hall–Kier alpha value is -1.30. The van der Waals surface area contributed by atoms with Crippen LogP contribution in [0.5, 0.6) is 0 Å². The monoisotopic (exact) mass is 360 g/mol. The fourth-order valence-corrected chi connectivity index (χ4v) is 2.86. The molecule has 2 atom stereocenters. The van der Waals surface area contributed by atoms with Crippen molar-refractivity contribution in [3.8, 4) is 0 Å². The number of hydrogen-bond donors (Lipinski definition) is 2. The van der Waals surface area contributed by atoms with E-state index in [0.29, 0.717) is 24.5 Å². The molecule has 1 aliphatic rings. The number of carbonyl (C=O) groups is 2. The minimum atomic E-state index is -0.782. The molecule has 0 aromatic heterocycles. The Morgan fingerprint density at radius 1 is 1.39 bits per heavy atom. The number of halogens is 2. The van der Waals surface area contributed by atoms with E-state index in [1.54, 1.807) is 0 Å². The summed E-state index contributed by atoms with van der Waals surface area (Å²) in [6.45, 7) is 3.35. The lowest BCUT2D eigenvalue weighted by Crippen LogP contribution is -2.38. The van der Waals surface area contributed by atoms with Crippen LogP contribution in [0.1, 0.15) is 31.4 Å². The zero-order valence-electron chi connectivity index (χ0n) is 13.0. The third-order valence-electron chi connectivity index (χ3n) is 4.00. The third-order valence-corrected chi connectivity index (χ3v) is 4.26. The van der Waals surface area contributed by atoms with Crippen LogP contribution in [0.15, 0.2) is 24.3 Å². The molecule has 1 saturated heterocycles. The number of nitrogens with zero attached hydrogens (tertiary/aromatic N) is 1. The number of amides is 1. The van der Waals surface area contributed by atoms with Crippen LogP contribution >= 0.6 is 24.0 Å². The first-order valence-corrected chi connectivity index (χ1v) is 7.87. The minimum absolute atomic E-state index is 0. The Balaban J connectivity index is 0.00000264. The lowest BCUT2D eigenvalue weighted by atomic mass is 10.0. The van der Waals surface area contributed by atoms with Gasteiger partial charge in [0.15, 0.2) is 0 Å². The van der Waals surface area contributed by atoms with Gasteiger partial charge in [0.25, 0.3) is 0 Å². The van der Waals surface area contributed by atoms with Gasteiger partial charge in [-0.15, -0.1) is 12.4 Å². The summed E-state index contributed by atoms with van der Waals surface area (Å²) in [7, 11) is 0. The van der Waals surface area contributed by atoms with Crippen molar-refractivity contribution in [2.75, 3.05) is 19.6 Å². The fraction of sp³-hybridized carbons (Fsp3) is 0.500. The standard InChI is InChI=1S/C16H21ClN2O3.ClH/c1-2-14(11-3-5-13(17)6-4-11)18-15(20)10-19-8-7-12(9-19)16(21)22;/h3-6,12,14H,2,7-10H2,1H3,(H,18,20)(H,21,22);1H. The van der Waals surface area contributed by atoms with Crippen molar-refractivity contribution in [2.24, 2.45) is 5.92 Å². The van der Waals surface area contributed by atoms with Crippen LogP contribution in [0.25, 0.3) is 0 Å². The van der Waals surface area contributed by atoms with Gasteiger partial charge >= 0.3 is 5.97 Å². The first-order chi connectivity index (χ1) is 10.5. The summed E-state index contributed by atoms with van der Waals surface area (Å²) in [5.74, 6) is -1.21. The Labute approximate surface area is 147 Å². The molecule has 128 valence electrons. The highest BCUT2D eigenvalue weighted by Crippen LogP contribution is 2.20. The van der Waals surface area contributed by atoms with E-state index in [-0.39, 0.29) is 36.8 Å². The molecule has 1 aromatic rings. The second-order valence-electron chi connectivity index (χ2n) is 5.64. The molecule has 2 N–H and O–H groups in total. The van der Waals surface area contributed by atoms with Crippen molar-refractivity contribution < 1.29 is 14.7 Å². The average Bonchev–Trinajstić information content (AvgIpc) is 2.94. The molecule has 1 amide bonds. The lowest BCUT2D eigenvalue weighted by molar-refractivity contribution is -0.141. The van der Waals surface area contributed by atoms with Crippen LogP contribution in [0.2, 0.25) is 5.02 Å². The summed E-state index contributed by atoms with van der Waals surface area (Å²) in [5.41, 5.74) is 1.02. The number of rotatable bonds is 6. The van der Waals surface area contributed by atoms with Crippen LogP contribution in [0, 0.1) is 5.92 Å². The van der Waals surface area contributed by atoms with Gasteiger partial charge in [-0.25, -0.2) is 0 Å². The Bertz CT molecular complexity index is 537. The summed E-state index contributed by atoms with van der Waals surface area (Å²) < 4.78 is 0. The summed E-state index contributed by atoms with van der Waals surface area (Å²) >= 11 is 5.88. The molecule has 0 aliphatic carbocycles. The molecule has 5 nitrogen and oxygen atoms in total. The summed E-state index contributed by atoms with van der Waals surface area (Å²) in [6, 6.07) is 7.38. The highest BCUT2D eigenvalue weighted by molar-refractivity contribution is 6.30. The molecule has 0 spiro atoms. The zero-order chi connectivity index (χ0) is 16.1. The molecule has 2 rings (SSSR count). The fourth-order valence-electron chi connectivity index (χ4n) is 2.74. The second kappa shape index (κ2) is 9.11. The maximum absolute atomic E-state index is 12.2. The summed E-state index contributed by atoms with van der Waals surface area (Å²) in [4.78, 5) is 25.0. The predicted molar refractivity (Wildman–Crippen MR) is 92.1 cm³/mol. The van der Waals surface area contributed by atoms with Gasteiger partial charge in [0, 0.05) is 11.6 Å². The van der Waals surface area contributed by atoms with E-state index < -0.39 is 5.97 Å². The number of carboxylic acids is 1. The number of aliphatic carboxylic acids is 1. The first-order valence-electron chi connectivity index (χ1n) is 7.49. The molecule has 2 unspecified atom stereocenters. The largest absolute Gasteiger partial charge is 0.481 e. The van der Waals surface area contributed by atoms with E-state index in [9.17, 15) is 9.59 Å². The average molecular weight is 361 g/mol. The number of carboxylic acid groups (broad SMARTS) is 1. The van der Waals surface area contributed by atoms with Gasteiger partial charge in [-0.05, 0) is 37.1 Å². The molecule has 0 saturated carbocycles. The van der Waals surface area contributed by atoms with E-state index in [1.165, 1.54) is 0 Å². The van der Waals surface area contributed by atoms with Crippen molar-refractivity contribution in [3.63, 3.8) is 0 Å². The maximum Gasteiger partial charge on any atom is 0.307 e. The second-order valence-corrected chi connectivity index (χ2v) is 6.08. The Kier molecular flexibility index (Phi) is 7.82. The highest BCUT2D eigenvalue weighted by atomic mass is 35.5. The van der Waals surface area contributed by atoms with Crippen LogP contribution in [0.3, 0.4) is 0 Å². The topological polar surface area (TPSA) is 69.6 Å². The Morgan fingerprint density at radius 3 is 2.57 bits per heavy atom. The van der Waals surface area contributed by atoms with Gasteiger partial charge in [0.1, 0.15) is 0 Å². The number of likely N-dealkylation sites (tertiary alicyclic amines) is 1. The van der Waals surface area contributed by atoms with Gasteiger partial charge in [-0.3, -0.25) is 14.5 Å². The predicted octanol–water partition coefficient (Wildman–Crippen LogP) is 2.74. The molecule has 23 heavy (non-hydrogen) atoms. The van der Waals surface area contributed by atoms with Gasteiger partial charge in [0.05, 0.1) is 18.5 Å². The van der Waals surface area contributed by atoms with Crippen molar-refractivity contribution in [2.45, 2.75) is 25.8 Å². The molecule has 0 radical (unpaired) electrons. The Morgan fingerprint density at radius 2 is 2.04 bits per heavy atom. The van der Waals surface area contributed by atoms with Crippen LogP contribution < -0.4 is 5.32 Å². The molecule has 0 bridgehead atoms. The zero-order valence-corrected chi connectivity index (χ0v) is 14.6. The molecule has 1 aromatic carbocycles. The van der Waals surface area contributed by atoms with Crippen molar-refractivity contribution in [3.05, 3.63) is 34.9 Å². The van der Waals surface area contributed by atoms with E-state index in [1.807, 2.05) is 36.1 Å². The molecule has 7 heteroatoms. The van der Waals surface area contributed by atoms with E-state index in [0.717, 1.165) is 12.0 Å². The lowest BCUT2D eigenvalue weighted by Gasteiger charge is -2.20. The molecule has 1 fully saturated rings. The van der Waals surface area contributed by atoms with Crippen LogP contribution in [-0.4, -0.2) is 41.5 Å². The summed E-state index contributed by atoms with van der Waals surface area (Å²) in [6.07, 6.45) is 1.39. The molecular formula is C16H22Cl2N2O3. The van der Waals surface area contributed by atoms with Crippen LogP contribution in [0.4, 0.5) is 0 Å². The third kappa shape index (κ3) is 5.68. The van der Waals surface area contributed by atoms with Gasteiger partial charge in [0.2, 0.25) is 5.91 Å². The van der Waals surface area contributed by atoms with E-state index in [2.05, 4.69) is 5.32 Å². The number of nitrogens with one attached hydrogen (secondary N) is 1. The SMILES string of the molecule is CCC(NC(=O)CN1CCC(C(=O)O)C1)c1ccc(Cl)cc1.Cl. The maximum atomic E-state index is 12.2. The smallest absolute Gasteiger partial charge is 0.307 e. The van der Waals surface area contributed by atoms with E-state index >= 15 is 0 Å². The van der Waals surface area contributed by atoms with E-state index in [4.69, 9.17) is 16.7 Å². The molecule has 1 aliphatic heterocycles. The van der Waals surface area contributed by atoms with Crippen molar-refractivity contribution in [1.29, 1.82) is 0 Å². The van der Waals surface area contributed by atoms with Gasteiger partial charge in [-0.1, -0.05) is 30.7 Å². The van der Waals surface area contributed by atoms with Crippen LogP contribution in [-0.2, 0) is 9.59 Å². The highest BCUT2D eigenvalue weighted by Gasteiger charge is 2.29. The summed E-state index contributed by atoms with van der Waals surface area (Å²) in [5, 5.41) is 12.7.